The molecule has 100 valence electrons. The van der Waals surface area contributed by atoms with Gasteiger partial charge in [-0.3, -0.25) is 4.98 Å². The number of halogens is 2. The Morgan fingerprint density at radius 3 is 2.65 bits per heavy atom. The molecule has 2 aromatic carbocycles. The zero-order chi connectivity index (χ0) is 14.1. The molecule has 3 rings (SSSR count). The second kappa shape index (κ2) is 5.09. The molecule has 20 heavy (non-hydrogen) atoms. The minimum atomic E-state index is -0.466. The van der Waals surface area contributed by atoms with Crippen LogP contribution in [-0.2, 0) is 0 Å². The fourth-order valence-corrected chi connectivity index (χ4v) is 2.93. The Morgan fingerprint density at radius 1 is 0.950 bits per heavy atom. The summed E-state index contributed by atoms with van der Waals surface area (Å²) in [6, 6.07) is 8.74. The number of aromatic nitrogens is 1. The number of hydrogen-bond donors (Lipinski definition) is 1. The zero-order valence-corrected chi connectivity index (χ0v) is 11.1. The summed E-state index contributed by atoms with van der Waals surface area (Å²) in [7, 11) is 0. The molecule has 5 heteroatoms. The highest BCUT2D eigenvalue weighted by atomic mass is 32.2. The summed E-state index contributed by atoms with van der Waals surface area (Å²) in [5.41, 5.74) is 6.53. The van der Waals surface area contributed by atoms with Crippen molar-refractivity contribution in [1.29, 1.82) is 0 Å². The predicted octanol–water partition coefficient (Wildman–Crippen LogP) is 4.25. The monoisotopic (exact) mass is 288 g/mol. The van der Waals surface area contributed by atoms with Gasteiger partial charge in [-0.25, -0.2) is 8.78 Å². The lowest BCUT2D eigenvalue weighted by Crippen LogP contribution is -1.90. The van der Waals surface area contributed by atoms with E-state index in [0.717, 1.165) is 39.6 Å². The van der Waals surface area contributed by atoms with Gasteiger partial charge in [0.15, 0.2) is 0 Å². The molecule has 1 aromatic heterocycles. The number of nitrogens with two attached hydrogens (primary N) is 1. The van der Waals surface area contributed by atoms with Gasteiger partial charge in [0.25, 0.3) is 0 Å². The van der Waals surface area contributed by atoms with E-state index in [2.05, 4.69) is 4.98 Å². The minimum Gasteiger partial charge on any atom is -0.398 e. The van der Waals surface area contributed by atoms with Gasteiger partial charge in [0.05, 0.1) is 4.90 Å². The summed E-state index contributed by atoms with van der Waals surface area (Å²) >= 11 is 1.16. The molecule has 1 heterocycles. The van der Waals surface area contributed by atoms with Crippen molar-refractivity contribution >= 4 is 28.2 Å². The van der Waals surface area contributed by atoms with Crippen LogP contribution in [0.2, 0.25) is 0 Å². The molecule has 0 unspecified atom stereocenters. The highest BCUT2D eigenvalue weighted by Crippen LogP contribution is 2.36. The van der Waals surface area contributed by atoms with Crippen molar-refractivity contribution in [3.05, 3.63) is 60.4 Å². The maximum atomic E-state index is 13.7. The number of hydrogen-bond acceptors (Lipinski definition) is 3. The Bertz CT molecular complexity index is 790. The normalized spacial score (nSPS) is 10.9. The van der Waals surface area contributed by atoms with Crippen LogP contribution in [-0.4, -0.2) is 4.98 Å². The lowest BCUT2D eigenvalue weighted by Gasteiger charge is -2.08. The van der Waals surface area contributed by atoms with E-state index in [0.29, 0.717) is 5.69 Å². The standard InChI is InChI=1S/C15H10F2N2S/c16-9-1-2-12(17)15(7-9)20-14-4-3-13(18)10-5-6-19-8-11(10)14/h1-8H,18H2. The topological polar surface area (TPSA) is 38.9 Å². The van der Waals surface area contributed by atoms with Crippen LogP contribution in [0.15, 0.2) is 58.6 Å². The maximum absolute atomic E-state index is 13.7. The lowest BCUT2D eigenvalue weighted by atomic mass is 10.1. The molecule has 0 aliphatic heterocycles. The molecule has 0 bridgehead atoms. The second-order valence-corrected chi connectivity index (χ2v) is 5.33. The van der Waals surface area contributed by atoms with Crippen molar-refractivity contribution < 1.29 is 8.78 Å². The average Bonchev–Trinajstić information content (AvgIpc) is 2.46. The van der Waals surface area contributed by atoms with Crippen molar-refractivity contribution in [2.24, 2.45) is 0 Å². The van der Waals surface area contributed by atoms with E-state index in [4.69, 9.17) is 5.73 Å². The summed E-state index contributed by atoms with van der Waals surface area (Å²) in [5, 5.41) is 1.67. The number of benzene rings is 2. The van der Waals surface area contributed by atoms with Gasteiger partial charge in [-0.2, -0.15) is 0 Å². The van der Waals surface area contributed by atoms with Crippen molar-refractivity contribution in [3.8, 4) is 0 Å². The third-order valence-corrected chi connectivity index (χ3v) is 4.03. The molecule has 3 aromatic rings. The first-order valence-corrected chi connectivity index (χ1v) is 6.72. The average molecular weight is 288 g/mol. The van der Waals surface area contributed by atoms with E-state index in [1.54, 1.807) is 30.6 Å². The summed E-state index contributed by atoms with van der Waals surface area (Å²) in [6.45, 7) is 0. The summed E-state index contributed by atoms with van der Waals surface area (Å²) < 4.78 is 26.9. The van der Waals surface area contributed by atoms with E-state index >= 15 is 0 Å². The van der Waals surface area contributed by atoms with E-state index in [-0.39, 0.29) is 4.90 Å². The van der Waals surface area contributed by atoms with Crippen molar-refractivity contribution in [3.63, 3.8) is 0 Å². The molecular weight excluding hydrogens is 278 g/mol. The fourth-order valence-electron chi connectivity index (χ4n) is 1.95. The zero-order valence-electron chi connectivity index (χ0n) is 10.3. The summed E-state index contributed by atoms with van der Waals surface area (Å²) in [5.74, 6) is -0.919. The first-order chi connectivity index (χ1) is 9.65. The third kappa shape index (κ3) is 2.32. The van der Waals surface area contributed by atoms with Crippen LogP contribution in [0.4, 0.5) is 14.5 Å². The summed E-state index contributed by atoms with van der Waals surface area (Å²) in [4.78, 5) is 5.08. The SMILES string of the molecule is Nc1ccc(Sc2cc(F)ccc2F)c2cnccc12. The van der Waals surface area contributed by atoms with Crippen molar-refractivity contribution in [1.82, 2.24) is 4.98 Å². The van der Waals surface area contributed by atoms with Gasteiger partial charge in [-0.15, -0.1) is 0 Å². The number of pyridine rings is 1. The Balaban J connectivity index is 2.11. The van der Waals surface area contributed by atoms with Crippen LogP contribution in [0.1, 0.15) is 0 Å². The molecule has 0 aliphatic rings. The molecule has 2 N–H and O–H groups in total. The molecule has 0 saturated heterocycles. The van der Waals surface area contributed by atoms with Crippen molar-refractivity contribution in [2.75, 3.05) is 5.73 Å². The predicted molar refractivity (Wildman–Crippen MR) is 76.6 cm³/mol. The minimum absolute atomic E-state index is 0.236. The van der Waals surface area contributed by atoms with E-state index in [1.165, 1.54) is 6.07 Å². The van der Waals surface area contributed by atoms with Gasteiger partial charge < -0.3 is 5.73 Å². The molecule has 0 spiro atoms. The van der Waals surface area contributed by atoms with Gasteiger partial charge >= 0.3 is 0 Å². The Labute approximate surface area is 118 Å². The van der Waals surface area contributed by atoms with Crippen LogP contribution in [0.5, 0.6) is 0 Å². The molecule has 0 saturated carbocycles. The van der Waals surface area contributed by atoms with E-state index in [1.807, 2.05) is 0 Å². The molecule has 0 fully saturated rings. The number of fused-ring (bicyclic) bond motifs is 1. The van der Waals surface area contributed by atoms with Gasteiger partial charge in [-0.05, 0) is 36.4 Å². The van der Waals surface area contributed by atoms with Gasteiger partial charge in [-0.1, -0.05) is 11.8 Å². The van der Waals surface area contributed by atoms with Crippen LogP contribution < -0.4 is 5.73 Å². The highest BCUT2D eigenvalue weighted by Gasteiger charge is 2.10. The Kier molecular flexibility index (Phi) is 3.28. The Morgan fingerprint density at radius 2 is 1.80 bits per heavy atom. The highest BCUT2D eigenvalue weighted by molar-refractivity contribution is 7.99. The van der Waals surface area contributed by atoms with Crippen LogP contribution >= 0.6 is 11.8 Å². The first kappa shape index (κ1) is 12.9. The number of anilines is 1. The largest absolute Gasteiger partial charge is 0.398 e. The van der Waals surface area contributed by atoms with Gasteiger partial charge in [0, 0.05) is 33.7 Å². The second-order valence-electron chi connectivity index (χ2n) is 4.25. The molecule has 0 atom stereocenters. The maximum Gasteiger partial charge on any atom is 0.137 e. The molecule has 0 aliphatic carbocycles. The van der Waals surface area contributed by atoms with Crippen LogP contribution in [0.3, 0.4) is 0 Å². The molecule has 0 radical (unpaired) electrons. The van der Waals surface area contributed by atoms with Crippen molar-refractivity contribution in [2.45, 2.75) is 9.79 Å². The quantitative estimate of drug-likeness (QED) is 0.717. The lowest BCUT2D eigenvalue weighted by molar-refractivity contribution is 0.577. The molecule has 0 amide bonds. The first-order valence-electron chi connectivity index (χ1n) is 5.90. The molecule has 2 nitrogen and oxygen atoms in total. The Hall–Kier alpha value is -2.14. The molecular formula is C15H10F2N2S. The fraction of sp³-hybridized carbons (Fsp3) is 0. The van der Waals surface area contributed by atoms with Gasteiger partial charge in [0.2, 0.25) is 0 Å². The third-order valence-electron chi connectivity index (χ3n) is 2.92. The van der Waals surface area contributed by atoms with E-state index < -0.39 is 11.6 Å². The van der Waals surface area contributed by atoms with Gasteiger partial charge in [0.1, 0.15) is 11.6 Å². The van der Waals surface area contributed by atoms with Crippen LogP contribution in [0.25, 0.3) is 10.8 Å². The summed E-state index contributed by atoms with van der Waals surface area (Å²) in [6.07, 6.45) is 3.32. The number of rotatable bonds is 2. The number of nitrogen functional groups attached to an aromatic ring is 1. The smallest absolute Gasteiger partial charge is 0.137 e. The number of nitrogens with zero attached hydrogens (tertiary/aromatic N) is 1. The van der Waals surface area contributed by atoms with E-state index in [9.17, 15) is 8.78 Å². The van der Waals surface area contributed by atoms with Crippen LogP contribution in [0, 0.1) is 11.6 Å².